The van der Waals surface area contributed by atoms with Crippen molar-refractivity contribution in [1.29, 1.82) is 0 Å². The number of rotatable bonds is 5. The Morgan fingerprint density at radius 1 is 0.654 bits per heavy atom. The zero-order valence-corrected chi connectivity index (χ0v) is 19.5. The molecule has 4 rings (SSSR count). The predicted molar refractivity (Wildman–Crippen MR) is 111 cm³/mol. The van der Waals surface area contributed by atoms with Crippen LogP contribution in [0.25, 0.3) is 0 Å². The summed E-state index contributed by atoms with van der Waals surface area (Å²) in [5.41, 5.74) is 0. The molecule has 129 valence electrons. The molecule has 0 aromatic heterocycles. The average molecular weight is 435 g/mol. The molecule has 0 bridgehead atoms. The first kappa shape index (κ1) is 17.6. The second kappa shape index (κ2) is 7.08. The van der Waals surface area contributed by atoms with Crippen LogP contribution in [-0.4, -0.2) is 10.5 Å². The van der Waals surface area contributed by atoms with Gasteiger partial charge in [0.25, 0.3) is 0 Å². The summed E-state index contributed by atoms with van der Waals surface area (Å²) < 4.78 is 12.5. The van der Waals surface area contributed by atoms with Crippen molar-refractivity contribution in [3.05, 3.63) is 113 Å². The van der Waals surface area contributed by atoms with Gasteiger partial charge in [-0.3, -0.25) is 0 Å². The van der Waals surface area contributed by atoms with Gasteiger partial charge in [0.15, 0.2) is 0 Å². The molecule has 26 heavy (non-hydrogen) atoms. The number of benzene rings is 3. The van der Waals surface area contributed by atoms with Crippen molar-refractivity contribution in [1.82, 2.24) is 0 Å². The summed E-state index contributed by atoms with van der Waals surface area (Å²) in [6.45, 7) is 0. The third-order valence-corrected chi connectivity index (χ3v) is 27.1. The van der Waals surface area contributed by atoms with E-state index >= 15 is 0 Å². The molecule has 0 radical (unpaired) electrons. The molecule has 0 amide bonds. The fourth-order valence-electron chi connectivity index (χ4n) is 4.61. The maximum atomic E-state index is 7.01. The van der Waals surface area contributed by atoms with E-state index in [2.05, 4.69) is 109 Å². The summed E-state index contributed by atoms with van der Waals surface area (Å²) in [7, 11) is 0.684. The molecule has 0 saturated carbocycles. The maximum absolute atomic E-state index is 7.01. The summed E-state index contributed by atoms with van der Waals surface area (Å²) >= 11 is -4.40. The Morgan fingerprint density at radius 3 is 1.38 bits per heavy atom. The van der Waals surface area contributed by atoms with Gasteiger partial charge in [-0.1, -0.05) is 0 Å². The van der Waals surface area contributed by atoms with Crippen LogP contribution < -0.4 is 9.81 Å². The molecule has 1 aliphatic rings. The molecular weight excluding hydrogens is 412 g/mol. The molecule has 0 heterocycles. The number of allylic oxidation sites excluding steroid dienone is 4. The van der Waals surface area contributed by atoms with E-state index in [1.807, 2.05) is 0 Å². The molecule has 0 aliphatic heterocycles. The fraction of sp³-hybridized carbons (Fsp3) is 0.0435. The molecule has 0 unspecified atom stereocenters. The topological polar surface area (TPSA) is 9.23 Å². The first-order valence-corrected chi connectivity index (χ1v) is 15.8. The Bertz CT molecular complexity index is 850. The van der Waals surface area contributed by atoms with Crippen LogP contribution in [0.15, 0.2) is 113 Å². The van der Waals surface area contributed by atoms with Crippen molar-refractivity contribution in [2.24, 2.45) is 0 Å². The van der Waals surface area contributed by atoms with Crippen molar-refractivity contribution < 1.29 is 21.7 Å². The predicted octanol–water partition coefficient (Wildman–Crippen LogP) is 2.71. The third-order valence-electron chi connectivity index (χ3n) is 5.77. The Hall–Kier alpha value is -1.80. The van der Waals surface area contributed by atoms with Crippen LogP contribution in [0.3, 0.4) is 0 Å². The fourth-order valence-corrected chi connectivity index (χ4v) is 26.3. The molecule has 3 aromatic rings. The summed E-state index contributed by atoms with van der Waals surface area (Å²) in [6, 6.07) is 32.9. The van der Waals surface area contributed by atoms with Gasteiger partial charge in [0.1, 0.15) is 0 Å². The van der Waals surface area contributed by atoms with Crippen LogP contribution in [-0.2, 0) is 21.7 Å². The van der Waals surface area contributed by atoms with E-state index in [0.717, 1.165) is 6.42 Å². The van der Waals surface area contributed by atoms with E-state index < -0.39 is 19.2 Å². The second-order valence-electron chi connectivity index (χ2n) is 6.78. The van der Waals surface area contributed by atoms with Gasteiger partial charge >= 0.3 is 161 Å². The van der Waals surface area contributed by atoms with Crippen LogP contribution in [0.2, 0.25) is 0 Å². The van der Waals surface area contributed by atoms with Gasteiger partial charge < -0.3 is 0 Å². The monoisotopic (exact) mass is 433 g/mol. The molecule has 0 saturated heterocycles. The molecule has 0 spiro atoms. The van der Waals surface area contributed by atoms with Gasteiger partial charge in [0.05, 0.1) is 0 Å². The Balaban J connectivity index is 2.22. The van der Waals surface area contributed by atoms with Crippen LogP contribution >= 0.6 is 0 Å². The minimum absolute atomic E-state index is 0.684. The van der Waals surface area contributed by atoms with Crippen molar-refractivity contribution in [3.63, 3.8) is 0 Å². The zero-order chi connectivity index (χ0) is 17.9. The Kier molecular flexibility index (Phi) is 4.79. The van der Waals surface area contributed by atoms with Crippen LogP contribution in [0, 0.1) is 0 Å². The van der Waals surface area contributed by atoms with Gasteiger partial charge in [-0.05, 0) is 0 Å². The van der Waals surface area contributed by atoms with E-state index in [1.165, 1.54) is 13.1 Å². The number of hydrogen-bond acceptors (Lipinski definition) is 1. The van der Waals surface area contributed by atoms with E-state index in [9.17, 15) is 0 Å². The Morgan fingerprint density at radius 2 is 1.08 bits per heavy atom. The summed E-state index contributed by atoms with van der Waals surface area (Å²) in [4.78, 5) is 0. The van der Waals surface area contributed by atoms with E-state index in [-0.39, 0.29) is 0 Å². The minimum atomic E-state index is -4.40. The summed E-state index contributed by atoms with van der Waals surface area (Å²) in [5, 5.41) is 0. The van der Waals surface area contributed by atoms with Crippen LogP contribution in [0.5, 0.6) is 0 Å². The summed E-state index contributed by atoms with van der Waals surface area (Å²) in [6.07, 6.45) is 7.73. The van der Waals surface area contributed by atoms with Crippen molar-refractivity contribution in [2.45, 2.75) is 6.42 Å². The van der Waals surface area contributed by atoms with E-state index in [4.69, 9.17) is 2.50 Å². The molecule has 0 atom stereocenters. The summed E-state index contributed by atoms with van der Waals surface area (Å²) in [5.74, 6) is 0. The van der Waals surface area contributed by atoms with Gasteiger partial charge in [0, 0.05) is 0 Å². The van der Waals surface area contributed by atoms with Crippen molar-refractivity contribution in [2.75, 3.05) is 0 Å². The average Bonchev–Trinajstić information content (AvgIpc) is 3.28. The van der Waals surface area contributed by atoms with Gasteiger partial charge in [-0.15, -0.1) is 0 Å². The Labute approximate surface area is 160 Å². The molecule has 3 heteroatoms. The van der Waals surface area contributed by atoms with Crippen LogP contribution in [0.4, 0.5) is 0 Å². The van der Waals surface area contributed by atoms with E-state index in [0.29, 0.717) is 10.5 Å². The zero-order valence-electron chi connectivity index (χ0n) is 15.0. The van der Waals surface area contributed by atoms with E-state index in [1.54, 1.807) is 0 Å². The van der Waals surface area contributed by atoms with Crippen LogP contribution in [0.1, 0.15) is 6.42 Å². The second-order valence-corrected chi connectivity index (χ2v) is 21.7. The van der Waals surface area contributed by atoms with Gasteiger partial charge in [0.2, 0.25) is 0 Å². The molecule has 1 nitrogen and oxygen atoms in total. The molecular formula is C23H23OSiZr. The van der Waals surface area contributed by atoms with Gasteiger partial charge in [-0.25, -0.2) is 0 Å². The van der Waals surface area contributed by atoms with Crippen molar-refractivity contribution >= 4 is 20.3 Å². The van der Waals surface area contributed by atoms with Gasteiger partial charge in [-0.2, -0.15) is 0 Å². The molecule has 3 aromatic carbocycles. The molecule has 0 N–H and O–H groups in total. The van der Waals surface area contributed by atoms with Crippen molar-refractivity contribution in [3.8, 4) is 0 Å². The third kappa shape index (κ3) is 2.35. The SMILES string of the molecule is [SiH3][O][Zr]([C]1=CC=CC1)([c]1ccccc1)([c]1ccccc1)[c]1ccccc1. The normalized spacial score (nSPS) is 15.4. The first-order chi connectivity index (χ1) is 12.8. The quantitative estimate of drug-likeness (QED) is 0.561. The molecule has 1 aliphatic carbocycles. The number of hydrogen-bond donors (Lipinski definition) is 0. The molecule has 0 fully saturated rings. The standard InChI is InChI=1S/3C6H5.C5H5.H3OSi.Zr/c3*1-2-4-6-5-3-1;1-2-4-5-3-1;1-2;/h3*1-5H;1-3H,4H2;2H3;/q;;;;-1;+1. The first-order valence-electron chi connectivity index (χ1n) is 9.06.